The fourth-order valence-electron chi connectivity index (χ4n) is 3.37. The monoisotopic (exact) mass is 381 g/mol. The Labute approximate surface area is 165 Å². The molecule has 0 bridgehead atoms. The van der Waals surface area contributed by atoms with Crippen molar-refractivity contribution >= 4 is 11.8 Å². The van der Waals surface area contributed by atoms with Crippen molar-refractivity contribution in [3.8, 4) is 5.75 Å². The van der Waals surface area contributed by atoms with Crippen LogP contribution in [0.2, 0.25) is 0 Å². The van der Waals surface area contributed by atoms with Gasteiger partial charge in [-0.15, -0.1) is 0 Å². The third-order valence-corrected chi connectivity index (χ3v) is 5.03. The highest BCUT2D eigenvalue weighted by atomic mass is 16.5. The predicted octanol–water partition coefficient (Wildman–Crippen LogP) is 2.22. The molecule has 1 aliphatic rings. The Morgan fingerprint density at radius 2 is 1.82 bits per heavy atom. The molecular weight excluding hydrogens is 354 g/mol. The normalized spacial score (nSPS) is 14.7. The minimum atomic E-state index is -0.629. The summed E-state index contributed by atoms with van der Waals surface area (Å²) in [7, 11) is 3.91. The number of hydrogen-bond donors (Lipinski definition) is 2. The number of carbonyl (C=O) groups excluding carboxylic acids is 2. The lowest BCUT2D eigenvalue weighted by atomic mass is 10.0. The molecule has 6 heteroatoms. The van der Waals surface area contributed by atoms with E-state index in [0.717, 1.165) is 23.3 Å². The van der Waals surface area contributed by atoms with Crippen LogP contribution in [0.15, 0.2) is 48.5 Å². The van der Waals surface area contributed by atoms with Gasteiger partial charge in [0.15, 0.2) is 0 Å². The quantitative estimate of drug-likeness (QED) is 0.753. The average Bonchev–Trinajstić information content (AvgIpc) is 3.16. The number of nitrogens with zero attached hydrogens (tertiary/aromatic N) is 1. The van der Waals surface area contributed by atoms with Crippen molar-refractivity contribution in [1.82, 2.24) is 15.5 Å². The second kappa shape index (κ2) is 8.89. The maximum atomic E-state index is 12.3. The van der Waals surface area contributed by atoms with Crippen LogP contribution in [0.5, 0.6) is 5.75 Å². The van der Waals surface area contributed by atoms with Gasteiger partial charge in [0.2, 0.25) is 0 Å². The van der Waals surface area contributed by atoms with Gasteiger partial charge in [-0.1, -0.05) is 42.5 Å². The van der Waals surface area contributed by atoms with E-state index in [-0.39, 0.29) is 12.1 Å². The second-order valence-corrected chi connectivity index (χ2v) is 7.26. The van der Waals surface area contributed by atoms with Crippen LogP contribution in [-0.2, 0) is 16.0 Å². The van der Waals surface area contributed by atoms with Crippen LogP contribution in [0.1, 0.15) is 35.7 Å². The highest BCUT2D eigenvalue weighted by Crippen LogP contribution is 2.29. The highest BCUT2D eigenvalue weighted by Gasteiger charge is 2.22. The lowest BCUT2D eigenvalue weighted by Crippen LogP contribution is -2.43. The SMILES string of the molecule is CC(NC(=O)C(=O)NCC(c1ccc2c(c1)CCO2)N(C)C)c1ccccc1. The Bertz CT molecular complexity index is 836. The Morgan fingerprint density at radius 1 is 1.07 bits per heavy atom. The van der Waals surface area contributed by atoms with Crippen LogP contribution >= 0.6 is 0 Å². The third kappa shape index (κ3) is 4.70. The fourth-order valence-corrected chi connectivity index (χ4v) is 3.37. The first-order valence-corrected chi connectivity index (χ1v) is 9.51. The number of benzene rings is 2. The molecule has 0 aromatic heterocycles. The standard InChI is InChI=1S/C22H27N3O3/c1-15(16-7-5-4-6-8-16)24-22(27)21(26)23-14-19(25(2)3)17-9-10-20-18(13-17)11-12-28-20/h4-10,13,15,19H,11-12,14H2,1-3H3,(H,23,26)(H,24,27). The zero-order valence-electron chi connectivity index (χ0n) is 16.6. The van der Waals surface area contributed by atoms with Gasteiger partial charge >= 0.3 is 11.8 Å². The zero-order valence-corrected chi connectivity index (χ0v) is 16.6. The van der Waals surface area contributed by atoms with Crippen LogP contribution in [0.3, 0.4) is 0 Å². The molecule has 2 unspecified atom stereocenters. The van der Waals surface area contributed by atoms with Crippen molar-refractivity contribution in [2.45, 2.75) is 25.4 Å². The van der Waals surface area contributed by atoms with Gasteiger partial charge in [-0.2, -0.15) is 0 Å². The Hall–Kier alpha value is -2.86. The highest BCUT2D eigenvalue weighted by molar-refractivity contribution is 6.35. The van der Waals surface area contributed by atoms with Crippen LogP contribution < -0.4 is 15.4 Å². The van der Waals surface area contributed by atoms with Gasteiger partial charge in [-0.3, -0.25) is 9.59 Å². The van der Waals surface area contributed by atoms with E-state index in [9.17, 15) is 9.59 Å². The Balaban J connectivity index is 1.59. The van der Waals surface area contributed by atoms with E-state index >= 15 is 0 Å². The molecule has 0 saturated heterocycles. The zero-order chi connectivity index (χ0) is 20.1. The number of likely N-dealkylation sites (N-methyl/N-ethyl adjacent to an activating group) is 1. The average molecular weight is 381 g/mol. The maximum absolute atomic E-state index is 12.3. The molecular formula is C22H27N3O3. The van der Waals surface area contributed by atoms with Crippen LogP contribution in [0, 0.1) is 0 Å². The van der Waals surface area contributed by atoms with Crippen LogP contribution in [-0.4, -0.2) is 44.0 Å². The van der Waals surface area contributed by atoms with E-state index < -0.39 is 11.8 Å². The third-order valence-electron chi connectivity index (χ3n) is 5.03. The van der Waals surface area contributed by atoms with E-state index in [4.69, 9.17) is 4.74 Å². The number of carbonyl (C=O) groups is 2. The van der Waals surface area contributed by atoms with Crippen LogP contribution in [0.4, 0.5) is 0 Å². The van der Waals surface area contributed by atoms with Crippen molar-refractivity contribution in [2.24, 2.45) is 0 Å². The first-order valence-electron chi connectivity index (χ1n) is 9.51. The molecule has 0 radical (unpaired) electrons. The summed E-state index contributed by atoms with van der Waals surface area (Å²) in [6.07, 6.45) is 0.898. The van der Waals surface area contributed by atoms with E-state index in [2.05, 4.69) is 16.7 Å². The van der Waals surface area contributed by atoms with Crippen molar-refractivity contribution in [2.75, 3.05) is 27.2 Å². The Morgan fingerprint density at radius 3 is 2.54 bits per heavy atom. The van der Waals surface area contributed by atoms with Crippen molar-refractivity contribution in [1.29, 1.82) is 0 Å². The van der Waals surface area contributed by atoms with E-state index in [1.165, 1.54) is 5.56 Å². The topological polar surface area (TPSA) is 70.7 Å². The first-order chi connectivity index (χ1) is 13.5. The summed E-state index contributed by atoms with van der Waals surface area (Å²) in [6, 6.07) is 15.4. The lowest BCUT2D eigenvalue weighted by molar-refractivity contribution is -0.139. The predicted molar refractivity (Wildman–Crippen MR) is 108 cm³/mol. The van der Waals surface area contributed by atoms with Gasteiger partial charge < -0.3 is 20.3 Å². The number of rotatable bonds is 6. The van der Waals surface area contributed by atoms with Crippen molar-refractivity contribution < 1.29 is 14.3 Å². The molecule has 0 saturated carbocycles. The molecule has 2 aromatic carbocycles. The van der Waals surface area contributed by atoms with Crippen LogP contribution in [0.25, 0.3) is 0 Å². The van der Waals surface area contributed by atoms with Gasteiger partial charge in [0.05, 0.1) is 18.7 Å². The number of nitrogens with one attached hydrogen (secondary N) is 2. The minimum Gasteiger partial charge on any atom is -0.493 e. The summed E-state index contributed by atoms with van der Waals surface area (Å²) < 4.78 is 5.56. The number of hydrogen-bond acceptors (Lipinski definition) is 4. The molecule has 2 atom stereocenters. The van der Waals surface area contributed by atoms with Gasteiger partial charge in [-0.05, 0) is 43.8 Å². The van der Waals surface area contributed by atoms with E-state index in [1.54, 1.807) is 0 Å². The summed E-state index contributed by atoms with van der Waals surface area (Å²) >= 11 is 0. The lowest BCUT2D eigenvalue weighted by Gasteiger charge is -2.25. The molecule has 0 fully saturated rings. The molecule has 1 heterocycles. The first kappa shape index (κ1) is 19.9. The Kier molecular flexibility index (Phi) is 6.31. The van der Waals surface area contributed by atoms with Crippen molar-refractivity contribution in [3.05, 3.63) is 65.2 Å². The molecule has 3 rings (SSSR count). The molecule has 28 heavy (non-hydrogen) atoms. The molecule has 2 aromatic rings. The van der Waals surface area contributed by atoms with Gasteiger partial charge in [0.25, 0.3) is 0 Å². The smallest absolute Gasteiger partial charge is 0.309 e. The summed E-state index contributed by atoms with van der Waals surface area (Å²) in [5, 5.41) is 5.50. The summed E-state index contributed by atoms with van der Waals surface area (Å²) in [4.78, 5) is 26.6. The number of ether oxygens (including phenoxy) is 1. The van der Waals surface area contributed by atoms with Crippen molar-refractivity contribution in [3.63, 3.8) is 0 Å². The molecule has 6 nitrogen and oxygen atoms in total. The summed E-state index contributed by atoms with van der Waals surface area (Å²) in [5.41, 5.74) is 3.23. The molecule has 2 amide bonds. The number of amides is 2. The molecule has 148 valence electrons. The summed E-state index contributed by atoms with van der Waals surface area (Å²) in [5.74, 6) is -0.324. The summed E-state index contributed by atoms with van der Waals surface area (Å²) in [6.45, 7) is 2.91. The van der Waals surface area contributed by atoms with Gasteiger partial charge in [-0.25, -0.2) is 0 Å². The molecule has 0 aliphatic carbocycles. The fraction of sp³-hybridized carbons (Fsp3) is 0.364. The van der Waals surface area contributed by atoms with Gasteiger partial charge in [0.1, 0.15) is 5.75 Å². The number of fused-ring (bicyclic) bond motifs is 1. The largest absolute Gasteiger partial charge is 0.493 e. The minimum absolute atomic E-state index is 0.0332. The molecule has 1 aliphatic heterocycles. The van der Waals surface area contributed by atoms with E-state index in [0.29, 0.717) is 13.2 Å². The second-order valence-electron chi connectivity index (χ2n) is 7.26. The molecule has 0 spiro atoms. The van der Waals surface area contributed by atoms with E-state index in [1.807, 2.05) is 68.4 Å². The molecule has 2 N–H and O–H groups in total. The maximum Gasteiger partial charge on any atom is 0.309 e. The van der Waals surface area contributed by atoms with Gasteiger partial charge in [0, 0.05) is 13.0 Å².